The molecule has 0 saturated carbocycles. The number of halogens is 2. The van der Waals surface area contributed by atoms with Crippen molar-refractivity contribution in [3.05, 3.63) is 80.9 Å². The van der Waals surface area contributed by atoms with Crippen LogP contribution in [0.5, 0.6) is 5.88 Å². The molecular formula is C34H32Cl2N8O2S. The van der Waals surface area contributed by atoms with E-state index in [4.69, 9.17) is 43.2 Å². The van der Waals surface area contributed by atoms with E-state index in [-0.39, 0.29) is 18.5 Å². The van der Waals surface area contributed by atoms with Crippen LogP contribution in [0.15, 0.2) is 54.7 Å². The molecule has 13 heteroatoms. The Morgan fingerprint density at radius 1 is 1.06 bits per heavy atom. The van der Waals surface area contributed by atoms with Gasteiger partial charge < -0.3 is 20.7 Å². The van der Waals surface area contributed by atoms with E-state index < -0.39 is 0 Å². The molecule has 3 aromatic heterocycles. The highest BCUT2D eigenvalue weighted by atomic mass is 35.5. The number of carbonyl (C=O) groups excluding carboxylic acids is 1. The predicted octanol–water partition coefficient (Wildman–Crippen LogP) is 6.77. The van der Waals surface area contributed by atoms with Crippen molar-refractivity contribution in [2.45, 2.75) is 38.9 Å². The first-order valence-corrected chi connectivity index (χ1v) is 16.6. The van der Waals surface area contributed by atoms with Crippen molar-refractivity contribution < 1.29 is 9.53 Å². The van der Waals surface area contributed by atoms with Gasteiger partial charge in [0.2, 0.25) is 11.8 Å². The molecule has 1 fully saturated rings. The Balaban J connectivity index is 1.26. The molecule has 240 valence electrons. The number of fused-ring (bicyclic) bond motifs is 1. The van der Waals surface area contributed by atoms with Gasteiger partial charge >= 0.3 is 0 Å². The molecule has 0 radical (unpaired) electrons. The van der Waals surface area contributed by atoms with E-state index in [1.807, 2.05) is 55.5 Å². The molecule has 1 saturated heterocycles. The number of hydrogen-bond acceptors (Lipinski definition) is 10. The van der Waals surface area contributed by atoms with Gasteiger partial charge in [0.15, 0.2) is 5.82 Å². The summed E-state index contributed by atoms with van der Waals surface area (Å²) in [4.78, 5) is 25.6. The van der Waals surface area contributed by atoms with Gasteiger partial charge in [-0.05, 0) is 37.1 Å². The van der Waals surface area contributed by atoms with Crippen LogP contribution in [-0.4, -0.2) is 47.1 Å². The second-order valence-electron chi connectivity index (χ2n) is 11.1. The third-order valence-electron chi connectivity index (χ3n) is 7.93. The van der Waals surface area contributed by atoms with Crippen LogP contribution in [0.1, 0.15) is 29.0 Å². The zero-order valence-electron chi connectivity index (χ0n) is 25.8. The maximum atomic E-state index is 11.5. The third-order valence-corrected chi connectivity index (χ3v) is 9.76. The Hall–Kier alpha value is -4.31. The third kappa shape index (κ3) is 7.17. The van der Waals surface area contributed by atoms with E-state index in [2.05, 4.69) is 32.3 Å². The Kier molecular flexibility index (Phi) is 10.2. The molecule has 1 aliphatic rings. The topological polar surface area (TPSA) is 137 Å². The highest BCUT2D eigenvalue weighted by Gasteiger charge is 2.22. The first-order chi connectivity index (χ1) is 22.9. The summed E-state index contributed by atoms with van der Waals surface area (Å²) < 4.78 is 6.68. The fourth-order valence-electron chi connectivity index (χ4n) is 5.59. The largest absolute Gasteiger partial charge is 0.481 e. The average Bonchev–Trinajstić information content (AvgIpc) is 3.69. The summed E-state index contributed by atoms with van der Waals surface area (Å²) in [5, 5.41) is 23.5. The molecule has 2 aromatic carbocycles. The van der Waals surface area contributed by atoms with Gasteiger partial charge in [0, 0.05) is 60.5 Å². The second kappa shape index (κ2) is 14.6. The molecule has 4 N–H and O–H groups in total. The van der Waals surface area contributed by atoms with Crippen molar-refractivity contribution in [2.75, 3.05) is 25.5 Å². The number of thiazole rings is 1. The summed E-state index contributed by atoms with van der Waals surface area (Å²) in [5.74, 6) is 1.20. The van der Waals surface area contributed by atoms with Gasteiger partial charge in [-0.2, -0.15) is 5.26 Å². The summed E-state index contributed by atoms with van der Waals surface area (Å²) in [6.07, 6.45) is 3.13. The first kappa shape index (κ1) is 32.6. The maximum absolute atomic E-state index is 11.5. The number of nitrogens with zero attached hydrogens (tertiary/aromatic N) is 4. The van der Waals surface area contributed by atoms with Gasteiger partial charge in [-0.15, -0.1) is 11.3 Å². The molecule has 1 atom stereocenters. The standard InChI is InChI=1S/C34H32Cl2N8O2S/c1-19-15-26(43-34(46-2)24(19)17-39-16-20-9-10-28(45)41-20)23-7-3-5-21(30(23)35)22-6-4-8-25(31(22)36)42-33-32-27(11-13-40-33)47-29(44-32)18-38-14-12-37/h3-8,11,13,15,20,38-39H,9-10,14,16-18H2,1-2H3,(H,40,42)(H,41,45)/t20-/m0/s1. The number of nitriles is 1. The molecule has 4 heterocycles. The SMILES string of the molecule is COc1nc(-c2cccc(-c3cccc(Nc4nccc5sc(CNCC#N)nc45)c3Cl)c2Cl)cc(C)c1CNC[C@@H]1CCC(=O)N1. The quantitative estimate of drug-likeness (QED) is 0.0828. The average molecular weight is 688 g/mol. The number of aromatic nitrogens is 3. The summed E-state index contributed by atoms with van der Waals surface area (Å²) in [5.41, 5.74) is 6.28. The molecule has 10 nitrogen and oxygen atoms in total. The molecule has 0 unspecified atom stereocenters. The van der Waals surface area contributed by atoms with Gasteiger partial charge in [-0.25, -0.2) is 15.0 Å². The van der Waals surface area contributed by atoms with Crippen molar-refractivity contribution in [3.63, 3.8) is 0 Å². The van der Waals surface area contributed by atoms with Crippen LogP contribution < -0.4 is 26.0 Å². The number of amides is 1. The Morgan fingerprint density at radius 3 is 2.62 bits per heavy atom. The minimum Gasteiger partial charge on any atom is -0.481 e. The second-order valence-corrected chi connectivity index (χ2v) is 13.0. The van der Waals surface area contributed by atoms with E-state index >= 15 is 0 Å². The minimum atomic E-state index is 0.0988. The molecule has 0 bridgehead atoms. The Morgan fingerprint density at radius 2 is 1.85 bits per heavy atom. The van der Waals surface area contributed by atoms with Gasteiger partial charge in [0.25, 0.3) is 0 Å². The number of ether oxygens (including phenoxy) is 1. The zero-order valence-corrected chi connectivity index (χ0v) is 28.1. The molecule has 6 rings (SSSR count). The molecule has 1 aliphatic heterocycles. The molecule has 0 aliphatic carbocycles. The van der Waals surface area contributed by atoms with E-state index in [0.29, 0.717) is 59.2 Å². The van der Waals surface area contributed by atoms with Crippen LogP contribution in [0.2, 0.25) is 10.0 Å². The van der Waals surface area contributed by atoms with E-state index in [0.717, 1.165) is 49.5 Å². The van der Waals surface area contributed by atoms with Crippen molar-refractivity contribution in [3.8, 4) is 34.3 Å². The van der Waals surface area contributed by atoms with E-state index in [1.54, 1.807) is 24.6 Å². The summed E-state index contributed by atoms with van der Waals surface area (Å²) in [7, 11) is 1.61. The lowest BCUT2D eigenvalue weighted by Gasteiger charge is -2.17. The van der Waals surface area contributed by atoms with Crippen LogP contribution in [0.4, 0.5) is 11.5 Å². The lowest BCUT2D eigenvalue weighted by molar-refractivity contribution is -0.119. The number of nitrogens with one attached hydrogen (secondary N) is 4. The monoisotopic (exact) mass is 686 g/mol. The highest BCUT2D eigenvalue weighted by Crippen LogP contribution is 2.42. The van der Waals surface area contributed by atoms with Crippen molar-refractivity contribution >= 4 is 62.2 Å². The number of rotatable bonds is 12. The van der Waals surface area contributed by atoms with Crippen LogP contribution in [0.3, 0.4) is 0 Å². The smallest absolute Gasteiger partial charge is 0.220 e. The van der Waals surface area contributed by atoms with Crippen molar-refractivity contribution in [1.82, 2.24) is 30.9 Å². The first-order valence-electron chi connectivity index (χ1n) is 15.1. The number of anilines is 2. The number of hydrogen-bond donors (Lipinski definition) is 4. The van der Waals surface area contributed by atoms with Gasteiger partial charge in [-0.1, -0.05) is 53.5 Å². The maximum Gasteiger partial charge on any atom is 0.220 e. The van der Waals surface area contributed by atoms with Crippen molar-refractivity contribution in [1.29, 1.82) is 5.26 Å². The summed E-state index contributed by atoms with van der Waals surface area (Å²) in [6, 6.07) is 17.7. The summed E-state index contributed by atoms with van der Waals surface area (Å²) in [6.45, 7) is 4.00. The molecule has 47 heavy (non-hydrogen) atoms. The molecular weight excluding hydrogens is 655 g/mol. The van der Waals surface area contributed by atoms with Crippen LogP contribution in [0, 0.1) is 18.3 Å². The van der Waals surface area contributed by atoms with Crippen LogP contribution >= 0.6 is 34.5 Å². The molecule has 5 aromatic rings. The number of carbonyl (C=O) groups is 1. The highest BCUT2D eigenvalue weighted by molar-refractivity contribution is 7.18. The van der Waals surface area contributed by atoms with E-state index in [9.17, 15) is 4.79 Å². The van der Waals surface area contributed by atoms with Crippen LogP contribution in [-0.2, 0) is 17.9 Å². The zero-order chi connectivity index (χ0) is 32.9. The lowest BCUT2D eigenvalue weighted by Crippen LogP contribution is -2.35. The van der Waals surface area contributed by atoms with Gasteiger partial charge in [0.1, 0.15) is 10.5 Å². The van der Waals surface area contributed by atoms with Gasteiger partial charge in [-0.3, -0.25) is 10.1 Å². The summed E-state index contributed by atoms with van der Waals surface area (Å²) >= 11 is 15.7. The Labute approximate surface area is 286 Å². The molecule has 0 spiro atoms. The lowest BCUT2D eigenvalue weighted by atomic mass is 9.99. The van der Waals surface area contributed by atoms with Crippen LogP contribution in [0.25, 0.3) is 32.6 Å². The van der Waals surface area contributed by atoms with E-state index in [1.165, 1.54) is 0 Å². The van der Waals surface area contributed by atoms with Crippen molar-refractivity contribution in [2.24, 2.45) is 0 Å². The normalized spacial score (nSPS) is 14.3. The number of methoxy groups -OCH3 is 1. The number of benzene rings is 2. The number of aryl methyl sites for hydroxylation is 1. The number of pyridine rings is 2. The predicted molar refractivity (Wildman–Crippen MR) is 187 cm³/mol. The molecule has 1 amide bonds. The minimum absolute atomic E-state index is 0.0988. The fraction of sp³-hybridized carbons (Fsp3) is 0.265. The fourth-order valence-corrected chi connectivity index (χ4v) is 7.12. The Bertz CT molecular complexity index is 1990. The van der Waals surface area contributed by atoms with Gasteiger partial charge in [0.05, 0.1) is 45.9 Å².